The fourth-order valence-corrected chi connectivity index (χ4v) is 9.46. The van der Waals surface area contributed by atoms with Crippen LogP contribution in [0.3, 0.4) is 0 Å². The first kappa shape index (κ1) is 60.6. The Morgan fingerprint density at radius 1 is 0.338 bits per heavy atom. The summed E-state index contributed by atoms with van der Waals surface area (Å²) in [5.41, 5.74) is 0. The molecule has 3 unspecified atom stereocenters. The summed E-state index contributed by atoms with van der Waals surface area (Å²) in [7, 11) is 0. The van der Waals surface area contributed by atoms with Crippen molar-refractivity contribution < 1.29 is 38.7 Å². The Labute approximate surface area is 400 Å². The number of carbonyl (C=O) groups is 4. The molecule has 8 heteroatoms. The van der Waals surface area contributed by atoms with E-state index in [4.69, 9.17) is 19.6 Å². The lowest BCUT2D eigenvalue weighted by molar-refractivity contribution is -0.263. The Kier molecular flexibility index (Phi) is 43.6. The summed E-state index contributed by atoms with van der Waals surface area (Å²) in [6, 6.07) is 0. The molecule has 380 valence electrons. The van der Waals surface area contributed by atoms with Crippen LogP contribution in [0.5, 0.6) is 0 Å². The summed E-state index contributed by atoms with van der Waals surface area (Å²) in [5, 5.41) is 0. The Bertz CT molecular complexity index is 1140. The third kappa shape index (κ3) is 39.3. The van der Waals surface area contributed by atoms with E-state index in [0.29, 0.717) is 12.8 Å². The van der Waals surface area contributed by atoms with E-state index < -0.39 is 23.9 Å². The van der Waals surface area contributed by atoms with Crippen LogP contribution in [0.15, 0.2) is 12.2 Å². The minimum Gasteiger partial charge on any atom is -0.247 e. The lowest BCUT2D eigenvalue weighted by Gasteiger charge is -2.30. The lowest BCUT2D eigenvalue weighted by atomic mass is 9.75. The zero-order chi connectivity index (χ0) is 47.1. The van der Waals surface area contributed by atoms with Crippen molar-refractivity contribution in [3.63, 3.8) is 0 Å². The van der Waals surface area contributed by atoms with Gasteiger partial charge in [-0.1, -0.05) is 264 Å². The highest BCUT2D eigenvalue weighted by Crippen LogP contribution is 2.35. The standard InChI is InChI=1S/C57H104O8/c1-4-7-10-13-15-17-19-21-23-25-27-29-31-35-40-45-54(58)62-63-55(59)46-42-37-33-34-38-43-51-48-49-52(44-39-12-9-6-3)53(50-51)57(61)65-64-56(60)47-41-36-32-30-28-26-24-22-20-18-16-14-11-8-5-2/h48-49,51-53H,4-47,50H2,1-3H3. The molecule has 65 heavy (non-hydrogen) atoms. The fourth-order valence-electron chi connectivity index (χ4n) is 9.46. The van der Waals surface area contributed by atoms with Crippen LogP contribution in [0, 0.1) is 17.8 Å². The Morgan fingerprint density at radius 2 is 0.615 bits per heavy atom. The molecule has 0 radical (unpaired) electrons. The van der Waals surface area contributed by atoms with Crippen molar-refractivity contribution in [3.05, 3.63) is 12.2 Å². The van der Waals surface area contributed by atoms with Crippen molar-refractivity contribution in [2.45, 2.75) is 310 Å². The van der Waals surface area contributed by atoms with Gasteiger partial charge in [-0.25, -0.2) is 38.7 Å². The zero-order valence-electron chi connectivity index (χ0n) is 43.0. The van der Waals surface area contributed by atoms with Gasteiger partial charge in [0, 0.05) is 0 Å². The van der Waals surface area contributed by atoms with Crippen molar-refractivity contribution in [2.24, 2.45) is 17.8 Å². The second-order valence-corrected chi connectivity index (χ2v) is 20.0. The van der Waals surface area contributed by atoms with Gasteiger partial charge >= 0.3 is 23.9 Å². The molecule has 0 saturated heterocycles. The summed E-state index contributed by atoms with van der Waals surface area (Å²) in [6.07, 6.45) is 55.4. The molecule has 0 aliphatic heterocycles. The number of carbonyl (C=O) groups excluding carboxylic acids is 4. The van der Waals surface area contributed by atoms with E-state index in [1.165, 1.54) is 167 Å². The minimum atomic E-state index is -0.486. The van der Waals surface area contributed by atoms with Gasteiger partial charge in [-0.05, 0) is 50.4 Å². The normalized spacial score (nSPS) is 15.8. The second kappa shape index (κ2) is 46.7. The van der Waals surface area contributed by atoms with Crippen LogP contribution in [0.4, 0.5) is 0 Å². The monoisotopic (exact) mass is 917 g/mol. The summed E-state index contributed by atoms with van der Waals surface area (Å²) in [5.74, 6) is -1.71. The summed E-state index contributed by atoms with van der Waals surface area (Å²) < 4.78 is 0. The maximum Gasteiger partial charge on any atom is 0.359 e. The predicted octanol–water partition coefficient (Wildman–Crippen LogP) is 18.0. The molecule has 0 N–H and O–H groups in total. The average Bonchev–Trinajstić information content (AvgIpc) is 3.31. The molecular formula is C57H104O8. The summed E-state index contributed by atoms with van der Waals surface area (Å²) in [6.45, 7) is 6.74. The highest BCUT2D eigenvalue weighted by molar-refractivity contribution is 5.75. The van der Waals surface area contributed by atoms with E-state index in [1.807, 2.05) is 0 Å². The van der Waals surface area contributed by atoms with Crippen LogP contribution in [0.25, 0.3) is 0 Å². The molecule has 0 bridgehead atoms. The van der Waals surface area contributed by atoms with Crippen LogP contribution in [0.1, 0.15) is 310 Å². The zero-order valence-corrected chi connectivity index (χ0v) is 43.0. The van der Waals surface area contributed by atoms with E-state index in [2.05, 4.69) is 32.9 Å². The molecule has 0 amide bonds. The van der Waals surface area contributed by atoms with E-state index in [0.717, 1.165) is 89.9 Å². The van der Waals surface area contributed by atoms with E-state index in [1.54, 1.807) is 0 Å². The maximum atomic E-state index is 13.3. The van der Waals surface area contributed by atoms with Gasteiger partial charge in [0.25, 0.3) is 0 Å². The van der Waals surface area contributed by atoms with E-state index >= 15 is 0 Å². The number of hydrogen-bond donors (Lipinski definition) is 0. The molecule has 0 saturated carbocycles. The second-order valence-electron chi connectivity index (χ2n) is 20.0. The molecule has 0 heterocycles. The first-order chi connectivity index (χ1) is 31.9. The molecule has 0 aromatic carbocycles. The topological polar surface area (TPSA) is 105 Å². The number of unbranched alkanes of at least 4 members (excludes halogenated alkanes) is 35. The molecule has 1 rings (SSSR count). The largest absolute Gasteiger partial charge is 0.359 e. The van der Waals surface area contributed by atoms with Crippen molar-refractivity contribution in [1.29, 1.82) is 0 Å². The number of hydrogen-bond acceptors (Lipinski definition) is 8. The van der Waals surface area contributed by atoms with Crippen LogP contribution in [-0.4, -0.2) is 23.9 Å². The molecule has 8 nitrogen and oxygen atoms in total. The third-order valence-corrected chi connectivity index (χ3v) is 13.8. The van der Waals surface area contributed by atoms with Crippen LogP contribution >= 0.6 is 0 Å². The summed E-state index contributed by atoms with van der Waals surface area (Å²) >= 11 is 0. The summed E-state index contributed by atoms with van der Waals surface area (Å²) in [4.78, 5) is 69.8. The SMILES string of the molecule is CCCCCCCCCCCCCCCCCC(=O)OOC(=O)CCCCCCCC1C=CC(CCCCCC)C(C(=O)OOC(=O)CCCCCCCCCCCCCCCCC)C1. The van der Waals surface area contributed by atoms with E-state index in [9.17, 15) is 19.2 Å². The number of allylic oxidation sites excluding steroid dienone is 2. The van der Waals surface area contributed by atoms with Gasteiger partial charge in [-0.3, -0.25) is 0 Å². The molecular weight excluding hydrogens is 813 g/mol. The quantitative estimate of drug-likeness (QED) is 0.0257. The van der Waals surface area contributed by atoms with Gasteiger partial charge in [0.2, 0.25) is 0 Å². The van der Waals surface area contributed by atoms with Gasteiger partial charge in [-0.2, -0.15) is 0 Å². The van der Waals surface area contributed by atoms with Gasteiger partial charge < -0.3 is 0 Å². The van der Waals surface area contributed by atoms with Gasteiger partial charge in [0.05, 0.1) is 25.2 Å². The van der Waals surface area contributed by atoms with Crippen LogP contribution < -0.4 is 0 Å². The molecule has 1 aliphatic rings. The van der Waals surface area contributed by atoms with Crippen molar-refractivity contribution in [2.75, 3.05) is 0 Å². The number of rotatable bonds is 46. The molecule has 3 atom stereocenters. The Morgan fingerprint density at radius 3 is 0.969 bits per heavy atom. The van der Waals surface area contributed by atoms with Crippen molar-refractivity contribution in [3.8, 4) is 0 Å². The molecule has 0 spiro atoms. The smallest absolute Gasteiger partial charge is 0.247 e. The van der Waals surface area contributed by atoms with Crippen LogP contribution in [0.2, 0.25) is 0 Å². The highest BCUT2D eigenvalue weighted by Gasteiger charge is 2.34. The Balaban J connectivity index is 2.13. The van der Waals surface area contributed by atoms with Crippen molar-refractivity contribution >= 4 is 23.9 Å². The first-order valence-electron chi connectivity index (χ1n) is 28.4. The molecule has 1 aliphatic carbocycles. The van der Waals surface area contributed by atoms with Crippen molar-refractivity contribution in [1.82, 2.24) is 0 Å². The molecule has 0 fully saturated rings. The lowest BCUT2D eigenvalue weighted by Crippen LogP contribution is -2.30. The minimum absolute atomic E-state index is 0.109. The van der Waals surface area contributed by atoms with Gasteiger partial charge in [0.15, 0.2) is 0 Å². The average molecular weight is 917 g/mol. The van der Waals surface area contributed by atoms with Gasteiger partial charge in [0.1, 0.15) is 0 Å². The highest BCUT2D eigenvalue weighted by atomic mass is 17.2. The van der Waals surface area contributed by atoms with Gasteiger partial charge in [-0.15, -0.1) is 0 Å². The third-order valence-electron chi connectivity index (χ3n) is 13.8. The maximum absolute atomic E-state index is 13.3. The first-order valence-corrected chi connectivity index (χ1v) is 28.4. The Hall–Kier alpha value is -2.38. The fraction of sp³-hybridized carbons (Fsp3) is 0.895. The van der Waals surface area contributed by atoms with Crippen LogP contribution in [-0.2, 0) is 38.7 Å². The molecule has 0 aromatic heterocycles. The van der Waals surface area contributed by atoms with E-state index in [-0.39, 0.29) is 37.0 Å². The molecule has 0 aromatic rings. The predicted molar refractivity (Wildman–Crippen MR) is 269 cm³/mol.